The summed E-state index contributed by atoms with van der Waals surface area (Å²) < 4.78 is 38.0. The van der Waals surface area contributed by atoms with E-state index in [1.807, 2.05) is 0 Å². The highest BCUT2D eigenvalue weighted by Gasteiger charge is 2.30. The number of benzene rings is 2. The molecule has 0 saturated carbocycles. The Morgan fingerprint density at radius 1 is 1.24 bits per heavy atom. The van der Waals surface area contributed by atoms with Crippen LogP contribution in [0.3, 0.4) is 0 Å². The van der Waals surface area contributed by atoms with Gasteiger partial charge in [-0.3, -0.25) is 4.79 Å². The highest BCUT2D eigenvalue weighted by Crippen LogP contribution is 2.35. The lowest BCUT2D eigenvalue weighted by atomic mass is 10.0. The van der Waals surface area contributed by atoms with Crippen molar-refractivity contribution >= 4 is 40.4 Å². The molecule has 0 aliphatic rings. The number of hydrogen-bond acceptors (Lipinski definition) is 3. The van der Waals surface area contributed by atoms with Crippen molar-refractivity contribution in [2.75, 3.05) is 5.75 Å². The minimum Gasteiger partial charge on any atom is -0.481 e. The van der Waals surface area contributed by atoms with Crippen LogP contribution in [0.5, 0.6) is 0 Å². The summed E-state index contributed by atoms with van der Waals surface area (Å²) in [6.07, 6.45) is -4.40. The van der Waals surface area contributed by atoms with Crippen molar-refractivity contribution in [2.24, 2.45) is 0 Å². The molecule has 3 aromatic rings. The number of H-pyrrole nitrogens is 1. The fourth-order valence-corrected chi connectivity index (χ4v) is 3.14. The molecule has 1 aromatic heterocycles. The van der Waals surface area contributed by atoms with Gasteiger partial charge in [0.1, 0.15) is 0 Å². The number of carbonyl (C=O) groups is 1. The van der Waals surface area contributed by atoms with Crippen LogP contribution in [0.4, 0.5) is 13.2 Å². The molecule has 0 unspecified atom stereocenters. The lowest BCUT2D eigenvalue weighted by Crippen LogP contribution is -2.04. The number of carboxylic acids is 1. The monoisotopic (exact) mass is 386 g/mol. The lowest BCUT2D eigenvalue weighted by Gasteiger charge is -2.09. The smallest absolute Gasteiger partial charge is 0.416 e. The van der Waals surface area contributed by atoms with Crippen LogP contribution in [0.1, 0.15) is 5.56 Å². The number of halogens is 4. The molecule has 4 nitrogen and oxygen atoms in total. The number of aliphatic carboxylic acids is 1. The number of nitrogens with zero attached hydrogens (tertiary/aromatic N) is 1. The molecule has 0 fully saturated rings. The van der Waals surface area contributed by atoms with Crippen molar-refractivity contribution in [3.63, 3.8) is 0 Å². The van der Waals surface area contributed by atoms with E-state index in [2.05, 4.69) is 9.97 Å². The first-order chi connectivity index (χ1) is 11.7. The van der Waals surface area contributed by atoms with Crippen molar-refractivity contribution in [2.45, 2.75) is 11.3 Å². The van der Waals surface area contributed by atoms with Gasteiger partial charge in [0.25, 0.3) is 0 Å². The molecule has 0 saturated heterocycles. The summed E-state index contributed by atoms with van der Waals surface area (Å²) in [7, 11) is 0. The summed E-state index contributed by atoms with van der Waals surface area (Å²) in [4.78, 5) is 17.8. The maximum atomic E-state index is 12.7. The van der Waals surface area contributed by atoms with Crippen LogP contribution in [0.25, 0.3) is 22.2 Å². The van der Waals surface area contributed by atoms with E-state index in [1.165, 1.54) is 12.1 Å². The van der Waals surface area contributed by atoms with Crippen LogP contribution in [0.15, 0.2) is 41.6 Å². The Balaban J connectivity index is 1.96. The van der Waals surface area contributed by atoms with E-state index in [9.17, 15) is 18.0 Å². The fourth-order valence-electron chi connectivity index (χ4n) is 2.27. The molecular formula is C16H10ClF3N2O2S. The van der Waals surface area contributed by atoms with Gasteiger partial charge in [-0.1, -0.05) is 35.5 Å². The van der Waals surface area contributed by atoms with Gasteiger partial charge in [0.2, 0.25) is 0 Å². The number of alkyl halides is 3. The zero-order chi connectivity index (χ0) is 18.2. The zero-order valence-corrected chi connectivity index (χ0v) is 14.0. The molecule has 0 aliphatic heterocycles. The third-order valence-corrected chi connectivity index (χ3v) is 4.58. The highest BCUT2D eigenvalue weighted by molar-refractivity contribution is 7.99. The average Bonchev–Trinajstić information content (AvgIpc) is 2.93. The van der Waals surface area contributed by atoms with Gasteiger partial charge in [-0.05, 0) is 29.8 Å². The van der Waals surface area contributed by atoms with E-state index < -0.39 is 17.7 Å². The molecule has 0 amide bonds. The minimum absolute atomic E-state index is 0.140. The first kappa shape index (κ1) is 17.6. The first-order valence-electron chi connectivity index (χ1n) is 6.95. The second kappa shape index (κ2) is 6.61. The molecule has 2 N–H and O–H groups in total. The quantitative estimate of drug-likeness (QED) is 0.614. The summed E-state index contributed by atoms with van der Waals surface area (Å²) in [5.74, 6) is -1.10. The molecule has 130 valence electrons. The Morgan fingerprint density at radius 2 is 1.92 bits per heavy atom. The standard InChI is InChI=1S/C16H10ClF3N2O2S/c17-11-6-13-12(21-15(22-13)25-7-14(23)24)5-10(11)8-1-3-9(4-2-8)16(18,19)20/h1-6H,7H2,(H,21,22)(H,23,24). The molecule has 0 radical (unpaired) electrons. The Bertz CT molecular complexity index is 939. The molecule has 3 rings (SSSR count). The van der Waals surface area contributed by atoms with Crippen LogP contribution in [0.2, 0.25) is 5.02 Å². The van der Waals surface area contributed by atoms with Crippen LogP contribution in [-0.4, -0.2) is 26.8 Å². The largest absolute Gasteiger partial charge is 0.481 e. The van der Waals surface area contributed by atoms with E-state index in [-0.39, 0.29) is 5.75 Å². The van der Waals surface area contributed by atoms with E-state index in [4.69, 9.17) is 16.7 Å². The van der Waals surface area contributed by atoms with Gasteiger partial charge in [-0.2, -0.15) is 13.2 Å². The summed E-state index contributed by atoms with van der Waals surface area (Å²) in [6, 6.07) is 7.96. The maximum Gasteiger partial charge on any atom is 0.416 e. The number of rotatable bonds is 4. The van der Waals surface area contributed by atoms with Gasteiger partial charge in [0, 0.05) is 5.56 Å². The number of nitrogens with one attached hydrogen (secondary N) is 1. The summed E-state index contributed by atoms with van der Waals surface area (Å²) in [5.41, 5.74) is 1.51. The van der Waals surface area contributed by atoms with E-state index in [0.717, 1.165) is 23.9 Å². The van der Waals surface area contributed by atoms with Crippen molar-refractivity contribution < 1.29 is 23.1 Å². The highest BCUT2D eigenvalue weighted by atomic mass is 35.5. The van der Waals surface area contributed by atoms with E-state index in [1.54, 1.807) is 12.1 Å². The van der Waals surface area contributed by atoms with Crippen molar-refractivity contribution in [1.82, 2.24) is 9.97 Å². The molecule has 0 bridgehead atoms. The molecular weight excluding hydrogens is 377 g/mol. The molecule has 0 spiro atoms. The number of aromatic amines is 1. The van der Waals surface area contributed by atoms with Gasteiger partial charge in [0.15, 0.2) is 5.16 Å². The van der Waals surface area contributed by atoms with Crippen LogP contribution < -0.4 is 0 Å². The van der Waals surface area contributed by atoms with Crippen LogP contribution in [-0.2, 0) is 11.0 Å². The van der Waals surface area contributed by atoms with Gasteiger partial charge in [-0.25, -0.2) is 4.98 Å². The SMILES string of the molecule is O=C(O)CSc1nc2cc(-c3ccc(C(F)(F)F)cc3)c(Cl)cc2[nH]1. The second-order valence-corrected chi connectivity index (χ2v) is 6.52. The third-order valence-electron chi connectivity index (χ3n) is 3.40. The Hall–Kier alpha value is -2.19. The van der Waals surface area contributed by atoms with Gasteiger partial charge < -0.3 is 10.1 Å². The average molecular weight is 387 g/mol. The van der Waals surface area contributed by atoms with Gasteiger partial charge in [-0.15, -0.1) is 0 Å². The van der Waals surface area contributed by atoms with Crippen LogP contribution in [0, 0.1) is 0 Å². The number of hydrogen-bond donors (Lipinski definition) is 2. The zero-order valence-electron chi connectivity index (χ0n) is 12.4. The normalized spacial score (nSPS) is 11.8. The minimum atomic E-state index is -4.40. The predicted octanol–water partition coefficient (Wildman–Crippen LogP) is 5.08. The van der Waals surface area contributed by atoms with Gasteiger partial charge in [0.05, 0.1) is 27.4 Å². The van der Waals surface area contributed by atoms with E-state index in [0.29, 0.717) is 32.3 Å². The third kappa shape index (κ3) is 3.91. The predicted molar refractivity (Wildman–Crippen MR) is 89.9 cm³/mol. The number of carboxylic acid groups (broad SMARTS) is 1. The van der Waals surface area contributed by atoms with Crippen molar-refractivity contribution in [1.29, 1.82) is 0 Å². The Morgan fingerprint density at radius 3 is 2.52 bits per heavy atom. The molecule has 0 atom stereocenters. The number of fused-ring (bicyclic) bond motifs is 1. The Labute approximate surface area is 149 Å². The summed E-state index contributed by atoms with van der Waals surface area (Å²) in [6.45, 7) is 0. The fraction of sp³-hybridized carbons (Fsp3) is 0.125. The topological polar surface area (TPSA) is 66.0 Å². The first-order valence-corrected chi connectivity index (χ1v) is 8.32. The van der Waals surface area contributed by atoms with Crippen molar-refractivity contribution in [3.8, 4) is 11.1 Å². The number of aromatic nitrogens is 2. The second-order valence-electron chi connectivity index (χ2n) is 5.15. The van der Waals surface area contributed by atoms with E-state index >= 15 is 0 Å². The number of thioether (sulfide) groups is 1. The summed E-state index contributed by atoms with van der Waals surface area (Å²) in [5, 5.41) is 9.48. The van der Waals surface area contributed by atoms with Crippen LogP contribution >= 0.6 is 23.4 Å². The molecule has 1 heterocycles. The Kier molecular flexibility index (Phi) is 4.66. The maximum absolute atomic E-state index is 12.7. The molecule has 9 heteroatoms. The lowest BCUT2D eigenvalue weighted by molar-refractivity contribution is -0.137. The molecule has 2 aromatic carbocycles. The molecule has 0 aliphatic carbocycles. The molecule has 25 heavy (non-hydrogen) atoms. The number of imidazole rings is 1. The summed E-state index contributed by atoms with van der Waals surface area (Å²) >= 11 is 7.27. The van der Waals surface area contributed by atoms with Crippen molar-refractivity contribution in [3.05, 3.63) is 47.0 Å². The van der Waals surface area contributed by atoms with Gasteiger partial charge >= 0.3 is 12.1 Å².